The maximum atomic E-state index is 2.51. The zero-order chi connectivity index (χ0) is 11.9. The van der Waals surface area contributed by atoms with Gasteiger partial charge in [0, 0.05) is 0 Å². The van der Waals surface area contributed by atoms with Crippen molar-refractivity contribution in [3.8, 4) is 0 Å². The first-order valence-corrected chi connectivity index (χ1v) is 7.13. The Kier molecular flexibility index (Phi) is 4.85. The molecule has 2 rings (SSSR count). The minimum Gasteiger partial charge on any atom is -0.0853 e. The van der Waals surface area contributed by atoms with Gasteiger partial charge in [0.1, 0.15) is 0 Å². The van der Waals surface area contributed by atoms with Crippen molar-refractivity contribution in [1.82, 2.24) is 0 Å². The molecule has 1 aromatic carbocycles. The molecule has 0 spiro atoms. The Labute approximate surface area is 106 Å². The highest BCUT2D eigenvalue weighted by atomic mass is 14.2. The van der Waals surface area contributed by atoms with Crippen molar-refractivity contribution in [1.29, 1.82) is 0 Å². The summed E-state index contributed by atoms with van der Waals surface area (Å²) in [7, 11) is 0. The SMILES string of the molecule is CCC(CC1=CCCCCC1)c1ccccc1. The fourth-order valence-electron chi connectivity index (χ4n) is 2.81. The Morgan fingerprint density at radius 2 is 1.88 bits per heavy atom. The molecule has 0 saturated heterocycles. The Morgan fingerprint density at radius 1 is 1.06 bits per heavy atom. The van der Waals surface area contributed by atoms with Gasteiger partial charge < -0.3 is 0 Å². The summed E-state index contributed by atoms with van der Waals surface area (Å²) >= 11 is 0. The summed E-state index contributed by atoms with van der Waals surface area (Å²) in [6.07, 6.45) is 11.9. The summed E-state index contributed by atoms with van der Waals surface area (Å²) in [5.41, 5.74) is 3.22. The van der Waals surface area contributed by atoms with Gasteiger partial charge in [0.05, 0.1) is 0 Å². The van der Waals surface area contributed by atoms with Crippen LogP contribution in [0.3, 0.4) is 0 Å². The van der Waals surface area contributed by atoms with E-state index in [0.29, 0.717) is 0 Å². The second kappa shape index (κ2) is 6.64. The van der Waals surface area contributed by atoms with Crippen molar-refractivity contribution in [3.05, 3.63) is 47.5 Å². The summed E-state index contributed by atoms with van der Waals surface area (Å²) in [4.78, 5) is 0. The quantitative estimate of drug-likeness (QED) is 0.600. The topological polar surface area (TPSA) is 0 Å². The van der Waals surface area contributed by atoms with Crippen LogP contribution in [0, 0.1) is 0 Å². The van der Waals surface area contributed by atoms with Gasteiger partial charge in [0.25, 0.3) is 0 Å². The third-order valence-electron chi connectivity index (χ3n) is 3.91. The molecule has 0 nitrogen and oxygen atoms in total. The molecule has 1 aliphatic carbocycles. The molecule has 0 heteroatoms. The average Bonchev–Trinajstić information content (AvgIpc) is 2.65. The smallest absolute Gasteiger partial charge is 0.0127 e. The molecule has 1 unspecified atom stereocenters. The molecule has 0 heterocycles. The van der Waals surface area contributed by atoms with Gasteiger partial charge in [-0.05, 0) is 50.0 Å². The highest BCUT2D eigenvalue weighted by Gasteiger charge is 2.12. The lowest BCUT2D eigenvalue weighted by atomic mass is 9.88. The van der Waals surface area contributed by atoms with Crippen molar-refractivity contribution in [2.45, 2.75) is 57.8 Å². The number of rotatable bonds is 4. The van der Waals surface area contributed by atoms with Crippen LogP contribution in [0.1, 0.15) is 63.4 Å². The maximum Gasteiger partial charge on any atom is -0.0127 e. The van der Waals surface area contributed by atoms with Gasteiger partial charge in [-0.25, -0.2) is 0 Å². The van der Waals surface area contributed by atoms with E-state index in [-0.39, 0.29) is 0 Å². The van der Waals surface area contributed by atoms with E-state index < -0.39 is 0 Å². The zero-order valence-corrected chi connectivity index (χ0v) is 11.0. The van der Waals surface area contributed by atoms with Gasteiger partial charge in [-0.1, -0.05) is 55.3 Å². The van der Waals surface area contributed by atoms with Crippen LogP contribution in [-0.4, -0.2) is 0 Å². The molecule has 17 heavy (non-hydrogen) atoms. The standard InChI is InChI=1S/C17H24/c1-2-16(17-12-8-5-9-13-17)14-15-10-6-3-4-7-11-15/h5,8-10,12-13,16H,2-4,6-7,11,14H2,1H3. The van der Waals surface area contributed by atoms with Gasteiger partial charge in [-0.3, -0.25) is 0 Å². The molecular formula is C17H24. The van der Waals surface area contributed by atoms with Crippen LogP contribution in [0.4, 0.5) is 0 Å². The van der Waals surface area contributed by atoms with Crippen LogP contribution in [0.5, 0.6) is 0 Å². The van der Waals surface area contributed by atoms with Gasteiger partial charge in [-0.2, -0.15) is 0 Å². The van der Waals surface area contributed by atoms with Crippen LogP contribution >= 0.6 is 0 Å². The first-order valence-electron chi connectivity index (χ1n) is 7.13. The molecular weight excluding hydrogens is 204 g/mol. The lowest BCUT2D eigenvalue weighted by molar-refractivity contribution is 0.628. The molecule has 1 aromatic rings. The minimum absolute atomic E-state index is 0.723. The fraction of sp³-hybridized carbons (Fsp3) is 0.529. The predicted octanol–water partition coefficient (Wildman–Crippen LogP) is 5.46. The Balaban J connectivity index is 2.02. The van der Waals surface area contributed by atoms with Crippen molar-refractivity contribution in [3.63, 3.8) is 0 Å². The average molecular weight is 228 g/mol. The van der Waals surface area contributed by atoms with Crippen molar-refractivity contribution in [2.24, 2.45) is 0 Å². The van der Waals surface area contributed by atoms with Crippen molar-refractivity contribution in [2.75, 3.05) is 0 Å². The van der Waals surface area contributed by atoms with Crippen LogP contribution in [-0.2, 0) is 0 Å². The van der Waals surface area contributed by atoms with Crippen molar-refractivity contribution >= 4 is 0 Å². The Hall–Kier alpha value is -1.04. The molecule has 0 amide bonds. The van der Waals surface area contributed by atoms with E-state index in [1.165, 1.54) is 50.5 Å². The second-order valence-corrected chi connectivity index (χ2v) is 5.18. The molecule has 1 aliphatic rings. The molecule has 0 saturated carbocycles. The first-order chi connectivity index (χ1) is 8.40. The van der Waals surface area contributed by atoms with E-state index in [0.717, 1.165) is 5.92 Å². The van der Waals surface area contributed by atoms with E-state index in [1.807, 2.05) is 0 Å². The Morgan fingerprint density at radius 3 is 2.65 bits per heavy atom. The van der Waals surface area contributed by atoms with Gasteiger partial charge in [-0.15, -0.1) is 0 Å². The number of hydrogen-bond donors (Lipinski definition) is 0. The van der Waals surface area contributed by atoms with Gasteiger partial charge >= 0.3 is 0 Å². The number of hydrogen-bond acceptors (Lipinski definition) is 0. The lowest BCUT2D eigenvalue weighted by Crippen LogP contribution is -1.99. The van der Waals surface area contributed by atoms with Crippen LogP contribution in [0.15, 0.2) is 42.0 Å². The van der Waals surface area contributed by atoms with E-state index in [1.54, 1.807) is 5.57 Å². The third-order valence-corrected chi connectivity index (χ3v) is 3.91. The molecule has 0 radical (unpaired) electrons. The van der Waals surface area contributed by atoms with E-state index in [2.05, 4.69) is 43.3 Å². The lowest BCUT2D eigenvalue weighted by Gasteiger charge is -2.17. The summed E-state index contributed by atoms with van der Waals surface area (Å²) in [6.45, 7) is 2.31. The molecule has 0 bridgehead atoms. The maximum absolute atomic E-state index is 2.51. The Bertz CT molecular complexity index is 348. The van der Waals surface area contributed by atoms with E-state index in [4.69, 9.17) is 0 Å². The van der Waals surface area contributed by atoms with Crippen molar-refractivity contribution < 1.29 is 0 Å². The van der Waals surface area contributed by atoms with Crippen LogP contribution in [0.25, 0.3) is 0 Å². The van der Waals surface area contributed by atoms with E-state index >= 15 is 0 Å². The summed E-state index contributed by atoms with van der Waals surface area (Å²) in [6, 6.07) is 11.0. The first kappa shape index (κ1) is 12.4. The molecule has 0 aromatic heterocycles. The molecule has 0 aliphatic heterocycles. The monoisotopic (exact) mass is 228 g/mol. The normalized spacial score (nSPS) is 18.3. The van der Waals surface area contributed by atoms with Gasteiger partial charge in [0.2, 0.25) is 0 Å². The van der Waals surface area contributed by atoms with E-state index in [9.17, 15) is 0 Å². The number of allylic oxidation sites excluding steroid dienone is 2. The molecule has 92 valence electrons. The highest BCUT2D eigenvalue weighted by Crippen LogP contribution is 2.30. The fourth-order valence-corrected chi connectivity index (χ4v) is 2.81. The minimum atomic E-state index is 0.723. The largest absolute Gasteiger partial charge is 0.0853 e. The third kappa shape index (κ3) is 3.73. The van der Waals surface area contributed by atoms with Crippen LogP contribution in [0.2, 0.25) is 0 Å². The number of benzene rings is 1. The molecule has 0 fully saturated rings. The van der Waals surface area contributed by atoms with Crippen LogP contribution < -0.4 is 0 Å². The highest BCUT2D eigenvalue weighted by molar-refractivity contribution is 5.22. The summed E-state index contributed by atoms with van der Waals surface area (Å²) < 4.78 is 0. The zero-order valence-electron chi connectivity index (χ0n) is 11.0. The summed E-state index contributed by atoms with van der Waals surface area (Å²) in [5.74, 6) is 0.723. The summed E-state index contributed by atoms with van der Waals surface area (Å²) in [5, 5.41) is 0. The predicted molar refractivity (Wildman–Crippen MR) is 75.3 cm³/mol. The second-order valence-electron chi connectivity index (χ2n) is 5.18. The molecule has 1 atom stereocenters. The van der Waals surface area contributed by atoms with Gasteiger partial charge in [0.15, 0.2) is 0 Å². The molecule has 0 N–H and O–H groups in total.